The summed E-state index contributed by atoms with van der Waals surface area (Å²) in [5.41, 5.74) is -9.87. The van der Waals surface area contributed by atoms with Gasteiger partial charge in [-0.05, 0) is 38.8 Å². The molecule has 1 aromatic rings. The van der Waals surface area contributed by atoms with Crippen molar-refractivity contribution < 1.29 is 86.1 Å². The smallest absolute Gasteiger partial charge is 0.340 e. The lowest BCUT2D eigenvalue weighted by Gasteiger charge is -2.67. The molecule has 3 heterocycles. The number of nitrogens with zero attached hydrogens (tertiary/aromatic N) is 1. The molecular weight excluding hydrogens is 758 g/mol. The number of pyridine rings is 1. The van der Waals surface area contributed by atoms with Crippen LogP contribution in [0.15, 0.2) is 18.3 Å². The van der Waals surface area contributed by atoms with Crippen LogP contribution in [0.25, 0.3) is 0 Å². The molecule has 4 aliphatic rings. The van der Waals surface area contributed by atoms with Gasteiger partial charge in [-0.1, -0.05) is 6.92 Å². The maximum absolute atomic E-state index is 14.1. The van der Waals surface area contributed by atoms with E-state index in [4.69, 9.17) is 42.6 Å². The second-order valence-electron chi connectivity index (χ2n) is 15.3. The van der Waals surface area contributed by atoms with Gasteiger partial charge in [-0.15, -0.1) is 0 Å². The van der Waals surface area contributed by atoms with Gasteiger partial charge in [0.2, 0.25) is 0 Å². The fraction of sp³-hybridized carbons (Fsp3) is 0.658. The van der Waals surface area contributed by atoms with Gasteiger partial charge in [-0.25, -0.2) is 4.79 Å². The fourth-order valence-corrected chi connectivity index (χ4v) is 9.16. The largest absolute Gasteiger partial charge is 0.465 e. The van der Waals surface area contributed by atoms with Crippen LogP contribution in [0.3, 0.4) is 0 Å². The maximum Gasteiger partial charge on any atom is 0.340 e. The highest BCUT2D eigenvalue weighted by atomic mass is 16.7. The first-order valence-electron chi connectivity index (χ1n) is 18.3. The minimum Gasteiger partial charge on any atom is -0.465 e. The first-order valence-corrected chi connectivity index (χ1v) is 18.3. The molecule has 57 heavy (non-hydrogen) atoms. The monoisotopic (exact) mass is 805 g/mol. The van der Waals surface area contributed by atoms with E-state index < -0.39 is 132 Å². The Kier molecular flexibility index (Phi) is 11.8. The van der Waals surface area contributed by atoms with Gasteiger partial charge >= 0.3 is 47.8 Å². The van der Waals surface area contributed by atoms with E-state index in [1.54, 1.807) is 0 Å². The quantitative estimate of drug-likeness (QED) is 0.296. The molecular formula is C38H47NO18. The van der Waals surface area contributed by atoms with E-state index in [0.29, 0.717) is 0 Å². The molecule has 312 valence electrons. The molecule has 2 aliphatic heterocycles. The lowest BCUT2D eigenvalue weighted by Crippen LogP contribution is -2.89. The number of fused-ring (bicyclic) bond motifs is 5. The van der Waals surface area contributed by atoms with Crippen LogP contribution in [-0.2, 0) is 82.6 Å². The van der Waals surface area contributed by atoms with Gasteiger partial charge in [-0.2, -0.15) is 0 Å². The van der Waals surface area contributed by atoms with Crippen LogP contribution in [-0.4, -0.2) is 124 Å². The topological polar surface area (TPSA) is 253 Å². The van der Waals surface area contributed by atoms with Gasteiger partial charge in [-0.3, -0.25) is 38.5 Å². The summed E-state index contributed by atoms with van der Waals surface area (Å²) in [6.45, 7) is 8.15. The van der Waals surface area contributed by atoms with Crippen LogP contribution in [0.4, 0.5) is 0 Å². The Morgan fingerprint density at radius 1 is 0.807 bits per heavy atom. The molecule has 1 aromatic heterocycles. The number of hydrogen-bond acceptors (Lipinski definition) is 19. The van der Waals surface area contributed by atoms with Crippen molar-refractivity contribution in [2.75, 3.05) is 13.2 Å². The molecule has 2 saturated carbocycles. The number of esters is 8. The first-order chi connectivity index (χ1) is 26.5. The van der Waals surface area contributed by atoms with Crippen molar-refractivity contribution in [2.24, 2.45) is 17.3 Å². The van der Waals surface area contributed by atoms with Crippen molar-refractivity contribution in [3.8, 4) is 0 Å². The Hall–Kier alpha value is -5.17. The van der Waals surface area contributed by atoms with Gasteiger partial charge < -0.3 is 47.7 Å². The lowest BCUT2D eigenvalue weighted by molar-refractivity contribution is -0.386. The maximum atomic E-state index is 14.1. The number of rotatable bonds is 7. The van der Waals surface area contributed by atoms with E-state index in [0.717, 1.165) is 48.5 Å². The predicted molar refractivity (Wildman–Crippen MR) is 185 cm³/mol. The minimum atomic E-state index is -2.80. The van der Waals surface area contributed by atoms with E-state index in [2.05, 4.69) is 4.98 Å². The van der Waals surface area contributed by atoms with Crippen molar-refractivity contribution in [2.45, 2.75) is 129 Å². The summed E-state index contributed by atoms with van der Waals surface area (Å²) in [6, 6.07) is 2.95. The molecule has 0 amide bonds. The molecule has 3 fully saturated rings. The zero-order valence-electron chi connectivity index (χ0n) is 33.0. The summed E-state index contributed by atoms with van der Waals surface area (Å²) in [7, 11) is 0. The molecule has 1 saturated heterocycles. The Balaban J connectivity index is 1.99. The molecule has 1 N–H and O–H groups in total. The van der Waals surface area contributed by atoms with Gasteiger partial charge in [0.25, 0.3) is 0 Å². The number of carbonyl (C=O) groups is 8. The van der Waals surface area contributed by atoms with Crippen LogP contribution >= 0.6 is 0 Å². The molecule has 0 unspecified atom stereocenters. The third-order valence-electron chi connectivity index (χ3n) is 11.1. The molecule has 4 bridgehead atoms. The van der Waals surface area contributed by atoms with Crippen LogP contribution in [0.1, 0.15) is 84.8 Å². The van der Waals surface area contributed by atoms with Crippen LogP contribution in [0.5, 0.6) is 0 Å². The Morgan fingerprint density at radius 2 is 1.35 bits per heavy atom. The summed E-state index contributed by atoms with van der Waals surface area (Å²) in [5, 5.41) is 13.4. The number of ether oxygens (including phenoxy) is 9. The highest BCUT2D eigenvalue weighted by molar-refractivity contribution is 5.90. The van der Waals surface area contributed by atoms with E-state index >= 15 is 0 Å². The number of carbonyl (C=O) groups excluding carboxylic acids is 8. The lowest BCUT2D eigenvalue weighted by atomic mass is 9.45. The molecule has 0 radical (unpaired) electrons. The Bertz CT molecular complexity index is 1840. The van der Waals surface area contributed by atoms with Crippen LogP contribution < -0.4 is 0 Å². The van der Waals surface area contributed by atoms with Crippen LogP contribution in [0.2, 0.25) is 0 Å². The van der Waals surface area contributed by atoms with Gasteiger partial charge in [0, 0.05) is 47.7 Å². The SMILES string of the molecule is CC(=O)OC[C@@]12[C@H](OC(C)=O)[C@@H](OC(C)=O)[C@H]3[C@H](OC(C)=O)[C@]14O[C@@]3(C)COC(=O)c1cccnc1CC[C@H](C)C(=O)O[C@H]([C@@H](OC(C)=O)[C@@H]2OC(C)=O)[C@]4(C)O. The van der Waals surface area contributed by atoms with Crippen molar-refractivity contribution in [1.82, 2.24) is 4.98 Å². The summed E-state index contributed by atoms with van der Waals surface area (Å²) < 4.78 is 54.2. The zero-order valence-corrected chi connectivity index (χ0v) is 33.0. The molecule has 19 heteroatoms. The van der Waals surface area contributed by atoms with E-state index in [1.165, 1.54) is 32.2 Å². The van der Waals surface area contributed by atoms with Gasteiger partial charge in [0.1, 0.15) is 42.0 Å². The van der Waals surface area contributed by atoms with Crippen molar-refractivity contribution >= 4 is 47.8 Å². The summed E-state index contributed by atoms with van der Waals surface area (Å²) in [6.07, 6.45) is -10.3. The van der Waals surface area contributed by atoms with Crippen molar-refractivity contribution in [1.29, 1.82) is 0 Å². The van der Waals surface area contributed by atoms with E-state index in [9.17, 15) is 43.5 Å². The molecule has 1 spiro atoms. The fourth-order valence-electron chi connectivity index (χ4n) is 9.16. The molecule has 19 nitrogen and oxygen atoms in total. The standard InChI is InChI=1S/C38H47NO18/c1-17-12-13-25-24(11-10-14-39-25)34(47)50-15-35(8)26-27(51-19(3)41)31(54-22(6)44)37(16-49-18(2)40)32(55-23(7)45)28(52-20(4)42)30(56-33(17)46)36(9,48)38(37,57-35)29(26)53-21(5)43/h10-11,14,17,26-32,48H,12-13,15-16H2,1-9H3/t17-,26-,27-,28+,29-,30+,31+,32-,35-,36-,37-,38+/m0/s1. The van der Waals surface area contributed by atoms with E-state index in [1.807, 2.05) is 0 Å². The number of cyclic esters (lactones) is 1. The van der Waals surface area contributed by atoms with Crippen LogP contribution in [0, 0.1) is 17.3 Å². The van der Waals surface area contributed by atoms with Gasteiger partial charge in [0.05, 0.1) is 23.1 Å². The number of hydrogen-bond donors (Lipinski definition) is 1. The molecule has 0 aromatic carbocycles. The number of aryl methyl sites for hydroxylation is 1. The molecule has 2 aliphatic carbocycles. The number of aliphatic hydroxyl groups is 1. The van der Waals surface area contributed by atoms with Crippen molar-refractivity contribution in [3.63, 3.8) is 0 Å². The summed E-state index contributed by atoms with van der Waals surface area (Å²) in [5.74, 6) is -10.5. The zero-order chi connectivity index (χ0) is 42.4. The average Bonchev–Trinajstić information content (AvgIpc) is 3.32. The van der Waals surface area contributed by atoms with Crippen molar-refractivity contribution in [3.05, 3.63) is 29.6 Å². The third kappa shape index (κ3) is 7.30. The molecule has 5 rings (SSSR count). The Labute approximate surface area is 327 Å². The Morgan fingerprint density at radius 3 is 1.91 bits per heavy atom. The summed E-state index contributed by atoms with van der Waals surface area (Å²) in [4.78, 5) is 111. The summed E-state index contributed by atoms with van der Waals surface area (Å²) >= 11 is 0. The second-order valence-corrected chi connectivity index (χ2v) is 15.3. The highest BCUT2D eigenvalue weighted by Crippen LogP contribution is 2.70. The highest BCUT2D eigenvalue weighted by Gasteiger charge is 2.92. The van der Waals surface area contributed by atoms with Gasteiger partial charge in [0.15, 0.2) is 30.0 Å². The second kappa shape index (κ2) is 15.6. The first kappa shape index (κ1) is 43.0. The average molecular weight is 806 g/mol. The predicted octanol–water partition coefficient (Wildman–Crippen LogP) is 0.863. The molecule has 12 atom stereocenters. The third-order valence-corrected chi connectivity index (χ3v) is 11.1. The van der Waals surface area contributed by atoms with E-state index in [-0.39, 0.29) is 24.1 Å². The minimum absolute atomic E-state index is 0.0290. The normalized spacial score (nSPS) is 37.1. The number of aromatic nitrogens is 1.